The molecule has 0 aliphatic carbocycles. The fraction of sp³-hybridized carbons (Fsp3) is 0.278. The standard InChI is InChI=1S/C36H40N6O2/c1-3-26-8-12-28(13-9-26)35-39-32-6-5-7-33(34(32)40-35)42-22-20-41(21-23-42)24-25-44-31-18-16-30(17-19-31)38-36(43)37-29-14-10-27(4-2)11-15-29/h5-19H,3-4,20-25H2,1-2H3,(H,39,40)(H2,37,38,43). The number of H-pyrrole nitrogens is 1. The van der Waals surface area contributed by atoms with E-state index in [1.807, 2.05) is 48.5 Å². The molecule has 2 heterocycles. The third-order valence-electron chi connectivity index (χ3n) is 8.25. The average molecular weight is 589 g/mol. The molecule has 0 radical (unpaired) electrons. The molecule has 4 aromatic carbocycles. The van der Waals surface area contributed by atoms with E-state index in [-0.39, 0.29) is 6.03 Å². The lowest BCUT2D eigenvalue weighted by atomic mass is 10.1. The monoisotopic (exact) mass is 588 g/mol. The first-order valence-electron chi connectivity index (χ1n) is 15.5. The van der Waals surface area contributed by atoms with Gasteiger partial charge in [0.2, 0.25) is 0 Å². The van der Waals surface area contributed by atoms with E-state index in [1.165, 1.54) is 16.8 Å². The largest absolute Gasteiger partial charge is 0.492 e. The SMILES string of the molecule is CCc1ccc(NC(=O)Nc2ccc(OCCN3CCN(c4cccc5[nH]c(-c6ccc(CC)cc6)nc45)CC3)cc2)cc1. The highest BCUT2D eigenvalue weighted by Crippen LogP contribution is 2.29. The molecule has 226 valence electrons. The Morgan fingerprint density at radius 1 is 0.795 bits per heavy atom. The van der Waals surface area contributed by atoms with Crippen LogP contribution in [0.3, 0.4) is 0 Å². The van der Waals surface area contributed by atoms with Gasteiger partial charge in [-0.15, -0.1) is 0 Å². The van der Waals surface area contributed by atoms with Crippen molar-refractivity contribution in [2.75, 3.05) is 54.9 Å². The van der Waals surface area contributed by atoms with Gasteiger partial charge >= 0.3 is 6.03 Å². The van der Waals surface area contributed by atoms with Crippen LogP contribution in [0.4, 0.5) is 21.9 Å². The quantitative estimate of drug-likeness (QED) is 0.161. The van der Waals surface area contributed by atoms with Gasteiger partial charge in [-0.25, -0.2) is 9.78 Å². The minimum atomic E-state index is -0.271. The van der Waals surface area contributed by atoms with Gasteiger partial charge in [0.15, 0.2) is 0 Å². The number of aromatic amines is 1. The molecule has 2 amide bonds. The third kappa shape index (κ3) is 7.03. The maximum Gasteiger partial charge on any atom is 0.323 e. The molecular weight excluding hydrogens is 548 g/mol. The number of piperazine rings is 1. The highest BCUT2D eigenvalue weighted by Gasteiger charge is 2.20. The van der Waals surface area contributed by atoms with E-state index in [9.17, 15) is 4.79 Å². The number of imidazole rings is 1. The number of anilines is 3. The van der Waals surface area contributed by atoms with Crippen molar-refractivity contribution in [1.82, 2.24) is 14.9 Å². The predicted octanol–water partition coefficient (Wildman–Crippen LogP) is 7.20. The Kier molecular flexibility index (Phi) is 9.08. The Morgan fingerprint density at radius 3 is 2.05 bits per heavy atom. The first kappa shape index (κ1) is 29.3. The summed E-state index contributed by atoms with van der Waals surface area (Å²) in [6.45, 7) is 9.56. The number of nitrogens with zero attached hydrogens (tertiary/aromatic N) is 3. The molecule has 1 aliphatic heterocycles. The summed E-state index contributed by atoms with van der Waals surface area (Å²) in [6.07, 6.45) is 2.00. The zero-order valence-corrected chi connectivity index (χ0v) is 25.5. The van der Waals surface area contributed by atoms with Gasteiger partial charge in [-0.3, -0.25) is 4.90 Å². The summed E-state index contributed by atoms with van der Waals surface area (Å²) in [6, 6.07) is 30.1. The second kappa shape index (κ2) is 13.7. The molecule has 0 unspecified atom stereocenters. The van der Waals surface area contributed by atoms with Crippen molar-refractivity contribution in [3.05, 3.63) is 102 Å². The number of fused-ring (bicyclic) bond motifs is 1. The fourth-order valence-electron chi connectivity index (χ4n) is 5.56. The van der Waals surface area contributed by atoms with Gasteiger partial charge in [-0.2, -0.15) is 0 Å². The van der Waals surface area contributed by atoms with Crippen LogP contribution in [-0.4, -0.2) is 60.2 Å². The molecule has 6 rings (SSSR count). The molecule has 1 saturated heterocycles. The molecular formula is C36H40N6O2. The van der Waals surface area contributed by atoms with Crippen LogP contribution in [0, 0.1) is 0 Å². The molecule has 44 heavy (non-hydrogen) atoms. The van der Waals surface area contributed by atoms with Crippen molar-refractivity contribution in [3.63, 3.8) is 0 Å². The molecule has 5 aromatic rings. The third-order valence-corrected chi connectivity index (χ3v) is 8.25. The molecule has 8 heteroatoms. The van der Waals surface area contributed by atoms with Crippen molar-refractivity contribution in [2.45, 2.75) is 26.7 Å². The smallest absolute Gasteiger partial charge is 0.323 e. The highest BCUT2D eigenvalue weighted by molar-refractivity contribution is 5.99. The van der Waals surface area contributed by atoms with E-state index in [1.54, 1.807) is 0 Å². The molecule has 0 spiro atoms. The number of hydrogen-bond donors (Lipinski definition) is 3. The van der Waals surface area contributed by atoms with Gasteiger partial charge in [0.25, 0.3) is 0 Å². The average Bonchev–Trinajstić information content (AvgIpc) is 3.51. The Bertz CT molecular complexity index is 1670. The second-order valence-electron chi connectivity index (χ2n) is 11.1. The topological polar surface area (TPSA) is 85.5 Å². The number of para-hydroxylation sites is 1. The Labute approximate surface area is 259 Å². The van der Waals surface area contributed by atoms with Crippen LogP contribution >= 0.6 is 0 Å². The number of urea groups is 1. The molecule has 0 saturated carbocycles. The van der Waals surface area contributed by atoms with E-state index < -0.39 is 0 Å². The van der Waals surface area contributed by atoms with Crippen LogP contribution < -0.4 is 20.3 Å². The molecule has 3 N–H and O–H groups in total. The first-order valence-corrected chi connectivity index (χ1v) is 15.5. The van der Waals surface area contributed by atoms with Crippen LogP contribution in [0.5, 0.6) is 5.75 Å². The number of carbonyl (C=O) groups excluding carboxylic acids is 1. The van der Waals surface area contributed by atoms with Crippen LogP contribution in [0.2, 0.25) is 0 Å². The zero-order chi connectivity index (χ0) is 30.3. The van der Waals surface area contributed by atoms with Gasteiger partial charge in [0.05, 0.1) is 11.2 Å². The number of hydrogen-bond acceptors (Lipinski definition) is 5. The number of nitrogens with one attached hydrogen (secondary N) is 3. The summed E-state index contributed by atoms with van der Waals surface area (Å²) in [5.74, 6) is 1.70. The molecule has 8 nitrogen and oxygen atoms in total. The van der Waals surface area contributed by atoms with Crippen molar-refractivity contribution < 1.29 is 9.53 Å². The van der Waals surface area contributed by atoms with Crippen molar-refractivity contribution in [2.24, 2.45) is 0 Å². The van der Waals surface area contributed by atoms with E-state index in [0.717, 1.165) is 79.4 Å². The Hall–Kier alpha value is -4.82. The van der Waals surface area contributed by atoms with Gasteiger partial charge in [-0.05, 0) is 72.5 Å². The lowest BCUT2D eigenvalue weighted by Crippen LogP contribution is -2.47. The van der Waals surface area contributed by atoms with Gasteiger partial charge in [0, 0.05) is 49.7 Å². The van der Waals surface area contributed by atoms with Gasteiger partial charge in [0.1, 0.15) is 23.7 Å². The van der Waals surface area contributed by atoms with Crippen molar-refractivity contribution >= 4 is 34.1 Å². The summed E-state index contributed by atoms with van der Waals surface area (Å²) in [5.41, 5.74) is 8.43. The number of ether oxygens (including phenoxy) is 1. The molecule has 0 bridgehead atoms. The summed E-state index contributed by atoms with van der Waals surface area (Å²) in [4.78, 5) is 25.8. The van der Waals surface area contributed by atoms with E-state index in [0.29, 0.717) is 12.3 Å². The van der Waals surface area contributed by atoms with E-state index in [4.69, 9.17) is 9.72 Å². The number of amides is 2. The lowest BCUT2D eigenvalue weighted by Gasteiger charge is -2.36. The van der Waals surface area contributed by atoms with Crippen LogP contribution in [-0.2, 0) is 12.8 Å². The number of aromatic nitrogens is 2. The van der Waals surface area contributed by atoms with E-state index >= 15 is 0 Å². The normalized spacial score (nSPS) is 13.6. The summed E-state index contributed by atoms with van der Waals surface area (Å²) in [7, 11) is 0. The van der Waals surface area contributed by atoms with Crippen LogP contribution in [0.25, 0.3) is 22.4 Å². The maximum atomic E-state index is 12.4. The Balaban J connectivity index is 0.960. The molecule has 1 fully saturated rings. The summed E-state index contributed by atoms with van der Waals surface area (Å²) >= 11 is 0. The van der Waals surface area contributed by atoms with Crippen LogP contribution in [0.1, 0.15) is 25.0 Å². The number of benzene rings is 4. The molecule has 1 aromatic heterocycles. The van der Waals surface area contributed by atoms with Crippen molar-refractivity contribution in [1.29, 1.82) is 0 Å². The van der Waals surface area contributed by atoms with Crippen LogP contribution in [0.15, 0.2) is 91.0 Å². The van der Waals surface area contributed by atoms with E-state index in [2.05, 4.69) is 81.7 Å². The minimum absolute atomic E-state index is 0.271. The lowest BCUT2D eigenvalue weighted by molar-refractivity contribution is 0.200. The summed E-state index contributed by atoms with van der Waals surface area (Å²) < 4.78 is 6.02. The number of aryl methyl sites for hydroxylation is 2. The molecule has 0 atom stereocenters. The number of rotatable bonds is 10. The maximum absolute atomic E-state index is 12.4. The first-order chi connectivity index (χ1) is 21.6. The fourth-order valence-corrected chi connectivity index (χ4v) is 5.56. The highest BCUT2D eigenvalue weighted by atomic mass is 16.5. The second-order valence-corrected chi connectivity index (χ2v) is 11.1. The number of carbonyl (C=O) groups is 1. The zero-order valence-electron chi connectivity index (χ0n) is 25.5. The van der Waals surface area contributed by atoms with Gasteiger partial charge in [-0.1, -0.05) is 56.3 Å². The molecule has 1 aliphatic rings. The Morgan fingerprint density at radius 2 is 1.41 bits per heavy atom. The predicted molar refractivity (Wildman–Crippen MR) is 180 cm³/mol. The van der Waals surface area contributed by atoms with Gasteiger partial charge < -0.3 is 25.3 Å². The minimum Gasteiger partial charge on any atom is -0.492 e. The summed E-state index contributed by atoms with van der Waals surface area (Å²) in [5, 5.41) is 5.74. The van der Waals surface area contributed by atoms with Crippen molar-refractivity contribution in [3.8, 4) is 17.1 Å².